The van der Waals surface area contributed by atoms with Crippen molar-refractivity contribution in [3.05, 3.63) is 108 Å². The minimum Gasteiger partial charge on any atom is -0.508 e. The van der Waals surface area contributed by atoms with Gasteiger partial charge in [-0.3, -0.25) is 34.0 Å². The average Bonchev–Trinajstić information content (AvgIpc) is 1.48. The molecule has 37 nitrogen and oxygen atoms in total. The number of hydrogen-bond acceptors (Lipinski definition) is 33. The Morgan fingerprint density at radius 3 is 1.22 bits per heavy atom. The smallest absolute Gasteiger partial charge is 0.508 e. The summed E-state index contributed by atoms with van der Waals surface area (Å²) in [5, 5.41) is 15.5. The van der Waals surface area contributed by atoms with Crippen LogP contribution in [-0.4, -0.2) is 176 Å². The van der Waals surface area contributed by atoms with Crippen molar-refractivity contribution in [1.29, 1.82) is 0 Å². The number of nitrogens with one attached hydrogen (secondary N) is 4. The zero-order chi connectivity index (χ0) is 94.2. The molecule has 726 valence electrons. The van der Waals surface area contributed by atoms with Crippen LogP contribution in [0.3, 0.4) is 0 Å². The molecule has 16 aliphatic heterocycles. The number of carbonyl (C=O) groups excluding carboxylic acids is 7. The number of rotatable bonds is 22. The summed E-state index contributed by atoms with van der Waals surface area (Å²) in [6.07, 6.45) is 18.5. The molecule has 4 aliphatic carbocycles. The second kappa shape index (κ2) is 41.4. The largest absolute Gasteiger partial charge is 1.00 e. The molecule has 38 heteroatoms. The van der Waals surface area contributed by atoms with Crippen LogP contribution in [0.2, 0.25) is 0 Å². The first kappa shape index (κ1) is 100. The van der Waals surface area contributed by atoms with E-state index in [1.165, 1.54) is 6.33 Å². The van der Waals surface area contributed by atoms with E-state index >= 15 is 0 Å². The summed E-state index contributed by atoms with van der Waals surface area (Å²) in [5.74, 6) is 2.35. The minimum atomic E-state index is -0.932. The number of aryl methyl sites for hydroxylation is 2. The van der Waals surface area contributed by atoms with Crippen molar-refractivity contribution >= 4 is 61.0 Å². The van der Waals surface area contributed by atoms with E-state index in [1.54, 1.807) is 37.4 Å². The van der Waals surface area contributed by atoms with Crippen LogP contribution < -0.4 is 40.2 Å². The Morgan fingerprint density at radius 2 is 0.851 bits per heavy atom. The van der Waals surface area contributed by atoms with Crippen molar-refractivity contribution in [2.45, 2.75) is 315 Å². The Bertz CT molecular complexity index is 4900. The van der Waals surface area contributed by atoms with Gasteiger partial charge < -0.3 is 77.8 Å². The molecule has 31 atom stereocenters. The van der Waals surface area contributed by atoms with Crippen molar-refractivity contribution in [2.75, 3.05) is 13.1 Å². The Labute approximate surface area is 802 Å². The fraction of sp³-hybridized carbons (Fsp3) is 0.698. The molecular formula is C96H129N10NaO27. The van der Waals surface area contributed by atoms with Gasteiger partial charge in [-0.05, 0) is 160 Å². The van der Waals surface area contributed by atoms with Crippen LogP contribution in [-0.2, 0) is 138 Å². The van der Waals surface area contributed by atoms with Crippen LogP contribution in [0.15, 0.2) is 87.5 Å². The van der Waals surface area contributed by atoms with Gasteiger partial charge in [0.2, 0.25) is 66.7 Å². The number of ether oxygens (including phenoxy) is 11. The number of aromatic hydroxyl groups is 1. The van der Waals surface area contributed by atoms with Gasteiger partial charge in [-0.15, -0.1) is 6.42 Å². The molecule has 8 bridgehead atoms. The molecule has 4 saturated carbocycles. The first-order chi connectivity index (χ1) is 63.8. The van der Waals surface area contributed by atoms with Gasteiger partial charge in [0.15, 0.2) is 58.1 Å². The Kier molecular flexibility index (Phi) is 31.0. The average molecular weight is 1880 g/mol. The number of phenols is 1. The van der Waals surface area contributed by atoms with Gasteiger partial charge in [0, 0.05) is 151 Å². The van der Waals surface area contributed by atoms with E-state index in [2.05, 4.69) is 95.9 Å². The molecule has 2 aromatic heterocycles. The molecule has 4 spiro atoms. The third kappa shape index (κ3) is 19.8. The van der Waals surface area contributed by atoms with Crippen molar-refractivity contribution in [1.82, 2.24) is 30.6 Å². The summed E-state index contributed by atoms with van der Waals surface area (Å²) < 4.78 is 66.4. The summed E-state index contributed by atoms with van der Waals surface area (Å²) in [4.78, 5) is 155. The van der Waals surface area contributed by atoms with Crippen LogP contribution in [0.4, 0.5) is 0 Å². The minimum absolute atomic E-state index is 0. The standard InChI is InChI=1S/C24H34N4O7.C24H31NO7.C24H31NO6.C23H33N4O5.CO2.Na/c1-14-4-5-18-15(2)21(32-22-24(18)17(14)6-8-23(3,33-22)34-35-24)26-9-7-19(30)28-20(31-13-29)10-16-11-25-12-27-16;1-13-9-16(11-17(27)10-13)21(28-12-26)25-20-15(3)19-6-5-14(2)18-7-8-23(4)30-22(29-20)24(18,19)32-31-23;1-14-5-8-17(9-6-14)21(27-13-26)25-20-16(3)19-10-7-15(2)18-11-12-23(4)29-22(28-20)24(18,19)31-30-23;1-14-4-5-18-15(2)20(26-11-8-19(28)25-10-7-16-12-24-13-27-16)29-21-23(18)17(14)6-9-22(3,30-21)31-32-23;2-1-3;/h11-15,17-18,20,22H,4-10H2,1-3H3,(H,25,27)(H,28,30);9-12,14-15,18-19,21-22,27H,5-8H2,1-4H3;5-6,8-9,13,15-16,18-19,21-22H,7,10-12H2,1-4H3;10,12-15,17-18,21H,4-9,11H2,1-3H3,(H,24,27)(H,25,28);;/q;;;-1;;+1/t;14-,15-,18?,19?,21?,22-,23-,24?;15-,16-,18?,19?,21?,22-,23-,24?;;;/m.00.../s1. The maximum absolute atomic E-state index is 12.5. The van der Waals surface area contributed by atoms with Gasteiger partial charge in [0.05, 0.1) is 25.7 Å². The zero-order valence-electron chi connectivity index (χ0n) is 79.2. The number of benzene rings is 2. The summed E-state index contributed by atoms with van der Waals surface area (Å²) >= 11 is 0. The molecular weight excluding hydrogens is 1750 g/mol. The monoisotopic (exact) mass is 1880 g/mol. The van der Waals surface area contributed by atoms with Gasteiger partial charge in [-0.1, -0.05) is 91.3 Å². The molecule has 24 rings (SSSR count). The van der Waals surface area contributed by atoms with Gasteiger partial charge in [0.1, 0.15) is 5.75 Å². The SMILES string of the molecule is CC1CCC2C(C)C(=NCCC(=O)NC(Cc3cnc[nH]3)OC=O)OC3OC4(C)CCC1C32OO4.CC1CCC2C(C)C(=NCCC(=O)N[CH-]Cc3cnc[nH]3)OC3OC4(C)CCC1C32OO4.Cc1cc(O)cc(C(N=C2O[C@H]3O[C@]4(C)CCC5[C@@H](C)CCC([C@@H]2C)C53OO4)OC=O)c1.Cc1ccc(C(N=C2O[C@H]3O[C@]4(C)CCC5[C@@H](C)CCC([C@@H]2C)C53OO4)OC=O)cc1.O=C=O.[Na+]. The Hall–Kier alpha value is -8.21. The van der Waals surface area contributed by atoms with E-state index < -0.39 is 89.4 Å². The first-order valence-corrected chi connectivity index (χ1v) is 47.4. The Balaban J connectivity index is 0.000000135. The van der Waals surface area contributed by atoms with Crippen LogP contribution >= 0.6 is 0 Å². The third-order valence-corrected chi connectivity index (χ3v) is 31.4. The number of phenolic OH excluding ortho intramolecular Hbond substituents is 1. The molecule has 18 heterocycles. The maximum atomic E-state index is 12.5. The van der Waals surface area contributed by atoms with Crippen LogP contribution in [0.25, 0.3) is 0 Å². The van der Waals surface area contributed by atoms with E-state index in [1.807, 2.05) is 71.9 Å². The van der Waals surface area contributed by atoms with Gasteiger partial charge in [-0.25, -0.2) is 65.6 Å². The number of carbonyl (C=O) groups is 5. The molecule has 2 amide bonds. The zero-order valence-corrected chi connectivity index (χ0v) is 81.2. The number of amides is 2. The molecule has 20 aliphatic rings. The van der Waals surface area contributed by atoms with Gasteiger partial charge in [0.25, 0.3) is 19.4 Å². The predicted molar refractivity (Wildman–Crippen MR) is 466 cm³/mol. The van der Waals surface area contributed by atoms with Crippen LogP contribution in [0, 0.1) is 115 Å². The van der Waals surface area contributed by atoms with Crippen molar-refractivity contribution in [3.63, 3.8) is 0 Å². The fourth-order valence-corrected chi connectivity index (χ4v) is 24.5. The van der Waals surface area contributed by atoms with Crippen LogP contribution in [0.1, 0.15) is 245 Å². The summed E-state index contributed by atoms with van der Waals surface area (Å²) in [7, 11) is 0. The molecule has 2 aromatic carbocycles. The topological polar surface area (TPSA) is 446 Å². The van der Waals surface area contributed by atoms with Crippen LogP contribution in [0.5, 0.6) is 5.75 Å². The number of fused-ring (bicyclic) bond motifs is 8. The number of imidazole rings is 2. The number of hydrogen-bond donors (Lipinski definition) is 5. The summed E-state index contributed by atoms with van der Waals surface area (Å²) in [6, 6.07) is 12.8. The normalized spacial score (nSPS) is 40.6. The predicted octanol–water partition coefficient (Wildman–Crippen LogP) is 10.2. The number of aromatic amines is 2. The maximum Gasteiger partial charge on any atom is 1.00 e. The van der Waals surface area contributed by atoms with E-state index in [9.17, 15) is 29.1 Å². The molecule has 5 N–H and O–H groups in total. The summed E-state index contributed by atoms with van der Waals surface area (Å²) in [5.41, 5.74) is 2.46. The van der Waals surface area contributed by atoms with E-state index in [0.717, 1.165) is 131 Å². The van der Waals surface area contributed by atoms with E-state index in [0.29, 0.717) is 103 Å². The number of aromatic nitrogens is 4. The molecule has 16 saturated heterocycles. The quantitative estimate of drug-likeness (QED) is 0.0122. The number of aliphatic imine (C=N–C) groups is 4. The van der Waals surface area contributed by atoms with Crippen molar-refractivity contribution < 1.29 is 159 Å². The second-order valence-electron chi connectivity index (χ2n) is 40.0. The van der Waals surface area contributed by atoms with Gasteiger partial charge >= 0.3 is 35.7 Å². The molecule has 20 fully saturated rings. The van der Waals surface area contributed by atoms with E-state index in [-0.39, 0.29) is 132 Å². The first-order valence-electron chi connectivity index (χ1n) is 47.4. The van der Waals surface area contributed by atoms with Gasteiger partial charge in [-0.2, -0.15) is 9.59 Å². The molecule has 0 radical (unpaired) electrons. The molecule has 4 aromatic rings. The number of H-pyrrole nitrogens is 2. The van der Waals surface area contributed by atoms with E-state index in [4.69, 9.17) is 111 Å². The molecule has 23 unspecified atom stereocenters. The molecule has 134 heavy (non-hydrogen) atoms. The summed E-state index contributed by atoms with van der Waals surface area (Å²) in [6.45, 7) is 32.4. The number of nitrogens with zero attached hydrogens (tertiary/aromatic N) is 6. The Morgan fingerprint density at radius 1 is 0.485 bits per heavy atom. The second-order valence-corrected chi connectivity index (χ2v) is 40.0. The van der Waals surface area contributed by atoms with Crippen molar-refractivity contribution in [3.8, 4) is 5.75 Å². The van der Waals surface area contributed by atoms with Crippen molar-refractivity contribution in [2.24, 2.45) is 115 Å². The fourth-order valence-electron chi connectivity index (χ4n) is 24.5. The third-order valence-electron chi connectivity index (χ3n) is 31.4.